The average Bonchev–Trinajstić information content (AvgIpc) is 2.46. The number of likely N-dealkylation sites (tertiary alicyclic amines) is 1. The van der Waals surface area contributed by atoms with Crippen LogP contribution in [0.25, 0.3) is 0 Å². The minimum absolute atomic E-state index is 0.612. The minimum Gasteiger partial charge on any atom is -0.382 e. The molecule has 0 bridgehead atoms. The molecule has 0 amide bonds. The van der Waals surface area contributed by atoms with Crippen LogP contribution in [0.5, 0.6) is 0 Å². The summed E-state index contributed by atoms with van der Waals surface area (Å²) in [5.41, 5.74) is 2.57. The zero-order valence-corrected chi connectivity index (χ0v) is 13.4. The van der Waals surface area contributed by atoms with E-state index in [1.54, 1.807) is 0 Å². The molecule has 1 aliphatic heterocycles. The zero-order valence-electron chi connectivity index (χ0n) is 13.4. The summed E-state index contributed by atoms with van der Waals surface area (Å²) in [5.74, 6) is 0. The summed E-state index contributed by atoms with van der Waals surface area (Å²) in [6.07, 6.45) is 2.47. The molecule has 0 aliphatic carbocycles. The van der Waals surface area contributed by atoms with Crippen molar-refractivity contribution in [2.45, 2.75) is 45.7 Å². The van der Waals surface area contributed by atoms with Gasteiger partial charge in [-0.25, -0.2) is 0 Å². The van der Waals surface area contributed by atoms with E-state index in [0.717, 1.165) is 13.1 Å². The molecule has 1 aliphatic rings. The van der Waals surface area contributed by atoms with Crippen LogP contribution in [0.4, 0.5) is 11.4 Å². The Morgan fingerprint density at radius 2 is 1.85 bits per heavy atom. The smallest absolute Gasteiger partial charge is 0.0367 e. The molecule has 1 saturated heterocycles. The molecule has 0 radical (unpaired) electrons. The van der Waals surface area contributed by atoms with Gasteiger partial charge in [-0.15, -0.1) is 0 Å². The first kappa shape index (κ1) is 15.2. The Morgan fingerprint density at radius 1 is 1.20 bits per heavy atom. The lowest BCUT2D eigenvalue weighted by molar-refractivity contribution is 0.190. The van der Waals surface area contributed by atoms with Gasteiger partial charge in [-0.2, -0.15) is 0 Å². The quantitative estimate of drug-likeness (QED) is 0.888. The lowest BCUT2D eigenvalue weighted by Crippen LogP contribution is -2.42. The van der Waals surface area contributed by atoms with Gasteiger partial charge in [0.15, 0.2) is 0 Å². The van der Waals surface area contributed by atoms with E-state index in [1.165, 1.54) is 30.8 Å². The van der Waals surface area contributed by atoms with Gasteiger partial charge in [0.25, 0.3) is 0 Å². The second-order valence-electron chi connectivity index (χ2n) is 5.91. The summed E-state index contributed by atoms with van der Waals surface area (Å²) < 4.78 is 0. The van der Waals surface area contributed by atoms with Gasteiger partial charge in [-0.3, -0.25) is 0 Å². The number of nitrogens with zero attached hydrogens (tertiary/aromatic N) is 2. The Kier molecular flexibility index (Phi) is 5.30. The maximum absolute atomic E-state index is 3.69. The Balaban J connectivity index is 1.94. The third kappa shape index (κ3) is 3.66. The lowest BCUT2D eigenvalue weighted by Gasteiger charge is -2.35. The van der Waals surface area contributed by atoms with Gasteiger partial charge in [0.2, 0.25) is 0 Å². The second kappa shape index (κ2) is 6.98. The van der Waals surface area contributed by atoms with Crippen LogP contribution >= 0.6 is 0 Å². The van der Waals surface area contributed by atoms with Crippen molar-refractivity contribution < 1.29 is 0 Å². The highest BCUT2D eigenvalue weighted by Gasteiger charge is 2.22. The fourth-order valence-electron chi connectivity index (χ4n) is 3.01. The highest BCUT2D eigenvalue weighted by molar-refractivity contribution is 5.55. The molecule has 112 valence electrons. The normalized spacial score (nSPS) is 23.6. The molecule has 1 heterocycles. The van der Waals surface area contributed by atoms with Crippen LogP contribution in [0.1, 0.15) is 33.6 Å². The maximum atomic E-state index is 3.69. The van der Waals surface area contributed by atoms with Crippen molar-refractivity contribution in [1.82, 2.24) is 4.90 Å². The summed E-state index contributed by atoms with van der Waals surface area (Å²) in [6, 6.07) is 10.2. The fraction of sp³-hybridized carbons (Fsp3) is 0.647. The molecule has 3 nitrogen and oxygen atoms in total. The van der Waals surface area contributed by atoms with Crippen LogP contribution in [0, 0.1) is 0 Å². The number of rotatable bonds is 5. The predicted molar refractivity (Wildman–Crippen MR) is 88.7 cm³/mol. The summed E-state index contributed by atoms with van der Waals surface area (Å²) in [4.78, 5) is 4.82. The van der Waals surface area contributed by atoms with Crippen molar-refractivity contribution in [3.05, 3.63) is 24.3 Å². The van der Waals surface area contributed by atoms with Crippen molar-refractivity contribution in [1.29, 1.82) is 0 Å². The molecule has 2 atom stereocenters. The standard InChI is InChI=1S/C17H29N3/c1-5-20(6-2)17-9-7-15(8-10-17)18-16-11-12-19(4)14(3)13-16/h7-10,14,16,18H,5-6,11-13H2,1-4H3. The molecule has 20 heavy (non-hydrogen) atoms. The molecule has 1 aromatic carbocycles. The van der Waals surface area contributed by atoms with E-state index in [1.807, 2.05) is 0 Å². The van der Waals surface area contributed by atoms with Crippen molar-refractivity contribution >= 4 is 11.4 Å². The summed E-state index contributed by atoms with van der Waals surface area (Å²) in [5, 5.41) is 3.69. The molecule has 3 heteroatoms. The van der Waals surface area contributed by atoms with Crippen molar-refractivity contribution in [3.8, 4) is 0 Å². The van der Waals surface area contributed by atoms with Gasteiger partial charge in [-0.05, 0) is 64.9 Å². The first-order valence-electron chi connectivity index (χ1n) is 7.95. The molecule has 1 fully saturated rings. The fourth-order valence-corrected chi connectivity index (χ4v) is 3.01. The van der Waals surface area contributed by atoms with E-state index in [4.69, 9.17) is 0 Å². The molecule has 1 N–H and O–H groups in total. The Hall–Kier alpha value is -1.22. The number of piperidine rings is 1. The number of anilines is 2. The van der Waals surface area contributed by atoms with Gasteiger partial charge in [0, 0.05) is 43.1 Å². The van der Waals surface area contributed by atoms with Gasteiger partial charge in [0.05, 0.1) is 0 Å². The molecule has 1 aromatic rings. The molecule has 2 unspecified atom stereocenters. The van der Waals surface area contributed by atoms with Gasteiger partial charge in [-0.1, -0.05) is 0 Å². The molecular weight excluding hydrogens is 246 g/mol. The van der Waals surface area contributed by atoms with Crippen LogP contribution in [-0.2, 0) is 0 Å². The van der Waals surface area contributed by atoms with Crippen LogP contribution < -0.4 is 10.2 Å². The zero-order chi connectivity index (χ0) is 14.5. The lowest BCUT2D eigenvalue weighted by atomic mass is 9.98. The highest BCUT2D eigenvalue weighted by Crippen LogP contribution is 2.22. The highest BCUT2D eigenvalue weighted by atomic mass is 15.1. The predicted octanol–water partition coefficient (Wildman–Crippen LogP) is 3.43. The van der Waals surface area contributed by atoms with E-state index in [2.05, 4.69) is 67.2 Å². The first-order chi connectivity index (χ1) is 9.63. The van der Waals surface area contributed by atoms with Crippen LogP contribution in [-0.4, -0.2) is 43.7 Å². The Bertz CT molecular complexity index is 397. The molecule has 0 saturated carbocycles. The molecule has 2 rings (SSSR count). The summed E-state index contributed by atoms with van der Waals surface area (Å²) >= 11 is 0. The maximum Gasteiger partial charge on any atom is 0.0367 e. The third-order valence-corrected chi connectivity index (χ3v) is 4.58. The Labute approximate surface area is 124 Å². The average molecular weight is 275 g/mol. The van der Waals surface area contributed by atoms with Gasteiger partial charge in [0.1, 0.15) is 0 Å². The largest absolute Gasteiger partial charge is 0.382 e. The van der Waals surface area contributed by atoms with Crippen molar-refractivity contribution in [2.75, 3.05) is 36.9 Å². The first-order valence-corrected chi connectivity index (χ1v) is 7.95. The van der Waals surface area contributed by atoms with Crippen molar-refractivity contribution in [2.24, 2.45) is 0 Å². The summed E-state index contributed by atoms with van der Waals surface area (Å²) in [7, 11) is 2.22. The van der Waals surface area contributed by atoms with Crippen molar-refractivity contribution in [3.63, 3.8) is 0 Å². The monoisotopic (exact) mass is 275 g/mol. The minimum atomic E-state index is 0.612. The van der Waals surface area contributed by atoms with E-state index in [0.29, 0.717) is 12.1 Å². The van der Waals surface area contributed by atoms with Crippen LogP contribution in [0.3, 0.4) is 0 Å². The number of nitrogens with one attached hydrogen (secondary N) is 1. The van der Waals surface area contributed by atoms with E-state index >= 15 is 0 Å². The van der Waals surface area contributed by atoms with Gasteiger partial charge < -0.3 is 15.1 Å². The SMILES string of the molecule is CCN(CC)c1ccc(NC2CCN(C)C(C)C2)cc1. The summed E-state index contributed by atoms with van der Waals surface area (Å²) in [6.45, 7) is 10.0. The number of hydrogen-bond acceptors (Lipinski definition) is 3. The number of benzene rings is 1. The molecule has 0 spiro atoms. The van der Waals surface area contributed by atoms with Gasteiger partial charge >= 0.3 is 0 Å². The van der Waals surface area contributed by atoms with E-state index in [9.17, 15) is 0 Å². The second-order valence-corrected chi connectivity index (χ2v) is 5.91. The molecular formula is C17H29N3. The Morgan fingerprint density at radius 3 is 2.40 bits per heavy atom. The van der Waals surface area contributed by atoms with Crippen LogP contribution in [0.15, 0.2) is 24.3 Å². The van der Waals surface area contributed by atoms with Crippen LogP contribution in [0.2, 0.25) is 0 Å². The number of hydrogen-bond donors (Lipinski definition) is 1. The third-order valence-electron chi connectivity index (χ3n) is 4.58. The molecule has 0 aromatic heterocycles. The topological polar surface area (TPSA) is 18.5 Å². The van der Waals surface area contributed by atoms with E-state index < -0.39 is 0 Å². The van der Waals surface area contributed by atoms with E-state index in [-0.39, 0.29) is 0 Å².